The van der Waals surface area contributed by atoms with Crippen LogP contribution in [-0.4, -0.2) is 16.7 Å². The van der Waals surface area contributed by atoms with E-state index in [1.807, 2.05) is 12.1 Å². The van der Waals surface area contributed by atoms with Gasteiger partial charge < -0.3 is 15.0 Å². The van der Waals surface area contributed by atoms with Crippen LogP contribution in [0.5, 0.6) is 5.75 Å². The molecule has 2 aromatic rings. The minimum absolute atomic E-state index is 0.267. The van der Waals surface area contributed by atoms with Gasteiger partial charge in [-0.15, -0.1) is 0 Å². The summed E-state index contributed by atoms with van der Waals surface area (Å²) in [6.45, 7) is 4.38. The highest BCUT2D eigenvalue weighted by molar-refractivity contribution is 5.78. The summed E-state index contributed by atoms with van der Waals surface area (Å²) in [5.74, 6) is 1.88. The number of aromatic nitrogens is 2. The maximum atomic E-state index is 6.64. The molecule has 1 aromatic carbocycles. The molecule has 4 nitrogen and oxygen atoms in total. The molecule has 0 bridgehead atoms. The highest BCUT2D eigenvalue weighted by Crippen LogP contribution is 2.38. The van der Waals surface area contributed by atoms with E-state index < -0.39 is 0 Å². The van der Waals surface area contributed by atoms with Gasteiger partial charge in [-0.05, 0) is 38.8 Å². The molecule has 1 heterocycles. The summed E-state index contributed by atoms with van der Waals surface area (Å²) in [5.41, 5.74) is 8.49. The van der Waals surface area contributed by atoms with Gasteiger partial charge in [0.15, 0.2) is 0 Å². The molecule has 3 rings (SSSR count). The van der Waals surface area contributed by atoms with Gasteiger partial charge in [0, 0.05) is 12.1 Å². The van der Waals surface area contributed by atoms with Crippen molar-refractivity contribution in [1.29, 1.82) is 0 Å². The summed E-state index contributed by atoms with van der Waals surface area (Å²) in [6, 6.07) is 6.42. The van der Waals surface area contributed by atoms with Crippen LogP contribution >= 0.6 is 0 Å². The highest BCUT2D eigenvalue weighted by atomic mass is 16.5. The second-order valence-electron chi connectivity index (χ2n) is 6.12. The average Bonchev–Trinajstić information content (AvgIpc) is 3.02. The number of nitrogens with zero attached hydrogens (tertiary/aromatic N) is 2. The first-order chi connectivity index (χ1) is 9.55. The van der Waals surface area contributed by atoms with Crippen molar-refractivity contribution >= 4 is 11.0 Å². The lowest BCUT2D eigenvalue weighted by Crippen LogP contribution is -2.36. The van der Waals surface area contributed by atoms with Crippen LogP contribution in [0.25, 0.3) is 11.0 Å². The minimum Gasteiger partial charge on any atom is -0.497 e. The van der Waals surface area contributed by atoms with Crippen molar-refractivity contribution in [2.24, 2.45) is 5.73 Å². The number of ether oxygens (including phenoxy) is 1. The lowest BCUT2D eigenvalue weighted by atomic mass is 9.98. The zero-order valence-corrected chi connectivity index (χ0v) is 12.5. The first-order valence-corrected chi connectivity index (χ1v) is 7.40. The van der Waals surface area contributed by atoms with E-state index in [1.165, 1.54) is 12.8 Å². The Morgan fingerprint density at radius 3 is 2.60 bits per heavy atom. The molecule has 0 spiro atoms. The molecular weight excluding hydrogens is 250 g/mol. The van der Waals surface area contributed by atoms with Gasteiger partial charge in [-0.2, -0.15) is 0 Å². The number of fused-ring (bicyclic) bond motifs is 1. The van der Waals surface area contributed by atoms with Gasteiger partial charge in [0.2, 0.25) is 0 Å². The summed E-state index contributed by atoms with van der Waals surface area (Å²) in [4.78, 5) is 4.85. The van der Waals surface area contributed by atoms with Crippen LogP contribution in [-0.2, 0) is 5.54 Å². The molecule has 2 N–H and O–H groups in total. The topological polar surface area (TPSA) is 53.1 Å². The molecular formula is C16H23N3O. The maximum absolute atomic E-state index is 6.64. The quantitative estimate of drug-likeness (QED) is 0.933. The Hall–Kier alpha value is -1.55. The fourth-order valence-corrected chi connectivity index (χ4v) is 3.31. The Morgan fingerprint density at radius 2 is 2.00 bits per heavy atom. The molecule has 1 fully saturated rings. The Morgan fingerprint density at radius 1 is 1.30 bits per heavy atom. The first kappa shape index (κ1) is 13.4. The third-order valence-corrected chi connectivity index (χ3v) is 4.35. The molecule has 1 aliphatic rings. The Bertz CT molecular complexity index is 624. The number of methoxy groups -OCH3 is 1. The molecule has 1 aromatic heterocycles. The number of rotatable bonds is 3. The zero-order chi connectivity index (χ0) is 14.3. The van der Waals surface area contributed by atoms with Gasteiger partial charge in [0.25, 0.3) is 0 Å². The van der Waals surface area contributed by atoms with Crippen LogP contribution in [0, 0.1) is 0 Å². The van der Waals surface area contributed by atoms with Crippen molar-refractivity contribution in [3.63, 3.8) is 0 Å². The molecule has 4 heteroatoms. The van der Waals surface area contributed by atoms with Gasteiger partial charge in [-0.25, -0.2) is 4.98 Å². The van der Waals surface area contributed by atoms with Crippen molar-refractivity contribution in [3.8, 4) is 5.75 Å². The number of nitrogens with two attached hydrogens (primary N) is 1. The molecule has 0 amide bonds. The average molecular weight is 273 g/mol. The van der Waals surface area contributed by atoms with E-state index >= 15 is 0 Å². The lowest BCUT2D eigenvalue weighted by Gasteiger charge is -2.26. The molecule has 0 atom stereocenters. The summed E-state index contributed by atoms with van der Waals surface area (Å²) in [7, 11) is 1.68. The lowest BCUT2D eigenvalue weighted by molar-refractivity contribution is 0.398. The van der Waals surface area contributed by atoms with Gasteiger partial charge in [-0.3, -0.25) is 0 Å². The molecule has 0 aliphatic heterocycles. The van der Waals surface area contributed by atoms with Gasteiger partial charge in [0.1, 0.15) is 11.6 Å². The van der Waals surface area contributed by atoms with Crippen LogP contribution in [0.15, 0.2) is 18.2 Å². The predicted octanol–water partition coefficient (Wildman–Crippen LogP) is 3.35. The minimum atomic E-state index is -0.267. The molecule has 108 valence electrons. The van der Waals surface area contributed by atoms with Crippen LogP contribution in [0.3, 0.4) is 0 Å². The normalized spacial score (nSPS) is 18.1. The summed E-state index contributed by atoms with van der Waals surface area (Å²) in [5, 5.41) is 0. The number of hydrogen-bond acceptors (Lipinski definition) is 3. The van der Waals surface area contributed by atoms with E-state index in [0.29, 0.717) is 6.04 Å². The summed E-state index contributed by atoms with van der Waals surface area (Å²) in [6.07, 6.45) is 4.45. The van der Waals surface area contributed by atoms with Gasteiger partial charge in [-0.1, -0.05) is 12.8 Å². The molecule has 1 saturated carbocycles. The van der Waals surface area contributed by atoms with Crippen molar-refractivity contribution < 1.29 is 4.74 Å². The van der Waals surface area contributed by atoms with Crippen molar-refractivity contribution in [2.75, 3.05) is 7.11 Å². The standard InChI is InChI=1S/C16H23N3O/c1-11(2)19-14-7-6-12(20-3)10-13(14)18-15(19)16(17)8-4-5-9-16/h6-7,10-11H,4-5,8-9,17H2,1-3H3. The zero-order valence-electron chi connectivity index (χ0n) is 12.5. The number of benzene rings is 1. The summed E-state index contributed by atoms with van der Waals surface area (Å²) >= 11 is 0. The van der Waals surface area contributed by atoms with E-state index in [9.17, 15) is 0 Å². The van der Waals surface area contributed by atoms with Crippen molar-refractivity contribution in [1.82, 2.24) is 9.55 Å². The molecule has 20 heavy (non-hydrogen) atoms. The molecule has 0 unspecified atom stereocenters. The van der Waals surface area contributed by atoms with Crippen molar-refractivity contribution in [3.05, 3.63) is 24.0 Å². The fraction of sp³-hybridized carbons (Fsp3) is 0.562. The van der Waals surface area contributed by atoms with Crippen molar-refractivity contribution in [2.45, 2.75) is 51.1 Å². The maximum Gasteiger partial charge on any atom is 0.130 e. The SMILES string of the molecule is COc1ccc2c(c1)nc(C1(N)CCCC1)n2C(C)C. The Balaban J connectivity index is 2.22. The van der Waals surface area contributed by atoms with Crippen LogP contribution in [0.4, 0.5) is 0 Å². The largest absolute Gasteiger partial charge is 0.497 e. The second kappa shape index (κ2) is 4.77. The third-order valence-electron chi connectivity index (χ3n) is 4.35. The highest BCUT2D eigenvalue weighted by Gasteiger charge is 2.36. The Labute approximate surface area is 119 Å². The van der Waals surface area contributed by atoms with E-state index in [4.69, 9.17) is 15.5 Å². The predicted molar refractivity (Wildman–Crippen MR) is 81.0 cm³/mol. The van der Waals surface area contributed by atoms with Crippen LogP contribution in [0.2, 0.25) is 0 Å². The van der Waals surface area contributed by atoms with E-state index in [2.05, 4.69) is 24.5 Å². The smallest absolute Gasteiger partial charge is 0.130 e. The van der Waals surface area contributed by atoms with E-state index in [1.54, 1.807) is 7.11 Å². The Kier molecular flexibility index (Phi) is 3.21. The van der Waals surface area contributed by atoms with Crippen LogP contribution in [0.1, 0.15) is 51.4 Å². The van der Waals surface area contributed by atoms with Gasteiger partial charge in [0.05, 0.1) is 23.7 Å². The third kappa shape index (κ3) is 1.99. The van der Waals surface area contributed by atoms with E-state index in [0.717, 1.165) is 35.4 Å². The second-order valence-corrected chi connectivity index (χ2v) is 6.12. The molecule has 0 saturated heterocycles. The monoisotopic (exact) mass is 273 g/mol. The molecule has 0 radical (unpaired) electrons. The fourth-order valence-electron chi connectivity index (χ4n) is 3.31. The molecule has 1 aliphatic carbocycles. The van der Waals surface area contributed by atoms with E-state index in [-0.39, 0.29) is 5.54 Å². The van der Waals surface area contributed by atoms with Crippen LogP contribution < -0.4 is 10.5 Å². The van der Waals surface area contributed by atoms with Gasteiger partial charge >= 0.3 is 0 Å². The number of imidazole rings is 1. The summed E-state index contributed by atoms with van der Waals surface area (Å²) < 4.78 is 7.59. The number of hydrogen-bond donors (Lipinski definition) is 1. The first-order valence-electron chi connectivity index (χ1n) is 7.40.